The molecule has 124 valence electrons. The van der Waals surface area contributed by atoms with Crippen LogP contribution in [0.15, 0.2) is 29.2 Å². The number of aryl methyl sites for hydroxylation is 1. The van der Waals surface area contributed by atoms with Gasteiger partial charge in [0.15, 0.2) is 0 Å². The molecule has 1 N–H and O–H groups in total. The van der Waals surface area contributed by atoms with Crippen LogP contribution in [0.5, 0.6) is 0 Å². The number of hydrogen-bond acceptors (Lipinski definition) is 6. The molecule has 0 spiro atoms. The van der Waals surface area contributed by atoms with E-state index in [2.05, 4.69) is 5.32 Å². The second-order valence-corrected chi connectivity index (χ2v) is 7.55. The predicted molar refractivity (Wildman–Crippen MR) is 83.0 cm³/mol. The van der Waals surface area contributed by atoms with Gasteiger partial charge in [0, 0.05) is 0 Å². The second kappa shape index (κ2) is 7.21. The number of likely N-dealkylation sites (N-methyl/N-ethyl adjacent to an activating group) is 1. The van der Waals surface area contributed by atoms with Crippen molar-refractivity contribution in [2.24, 2.45) is 0 Å². The van der Waals surface area contributed by atoms with Gasteiger partial charge in [-0.3, -0.25) is 8.98 Å². The van der Waals surface area contributed by atoms with Gasteiger partial charge in [-0.2, -0.15) is 8.42 Å². The van der Waals surface area contributed by atoms with E-state index in [9.17, 15) is 13.2 Å². The van der Waals surface area contributed by atoms with E-state index in [0.29, 0.717) is 0 Å². The molecule has 0 aliphatic carbocycles. The zero-order chi connectivity index (χ0) is 17.0. The molecule has 1 atom stereocenters. The van der Waals surface area contributed by atoms with Crippen molar-refractivity contribution in [3.8, 4) is 0 Å². The number of hydrogen-bond donors (Lipinski definition) is 1. The second-order valence-electron chi connectivity index (χ2n) is 5.93. The molecule has 1 aromatic rings. The normalized spacial score (nSPS) is 13.7. The standard InChI is InChI=1S/C15H23NO5S/c1-11-7-6-8-12(9-11)22(18,19)20-10-13(16-5)14(17)21-15(2,3)4/h6-9,13,16H,10H2,1-5H3. The van der Waals surface area contributed by atoms with E-state index >= 15 is 0 Å². The summed E-state index contributed by atoms with van der Waals surface area (Å²) in [7, 11) is -2.37. The first-order valence-corrected chi connectivity index (χ1v) is 8.32. The Hall–Kier alpha value is -1.44. The fourth-order valence-corrected chi connectivity index (χ4v) is 2.67. The minimum atomic E-state index is -3.91. The number of carbonyl (C=O) groups excluding carboxylic acids is 1. The number of nitrogens with one attached hydrogen (secondary N) is 1. The lowest BCUT2D eigenvalue weighted by Crippen LogP contribution is -2.43. The maximum absolute atomic E-state index is 12.1. The van der Waals surface area contributed by atoms with Crippen LogP contribution in [0.1, 0.15) is 26.3 Å². The lowest BCUT2D eigenvalue weighted by molar-refractivity contribution is -0.158. The van der Waals surface area contributed by atoms with E-state index in [-0.39, 0.29) is 11.5 Å². The average molecular weight is 329 g/mol. The van der Waals surface area contributed by atoms with Crippen LogP contribution < -0.4 is 5.32 Å². The van der Waals surface area contributed by atoms with Crippen molar-refractivity contribution < 1.29 is 22.1 Å². The van der Waals surface area contributed by atoms with Gasteiger partial charge in [0.05, 0.1) is 11.5 Å². The fourth-order valence-electron chi connectivity index (χ4n) is 1.64. The first kappa shape index (κ1) is 18.6. The van der Waals surface area contributed by atoms with Crippen molar-refractivity contribution in [1.29, 1.82) is 0 Å². The Labute approximate surface area is 131 Å². The summed E-state index contributed by atoms with van der Waals surface area (Å²) in [6.07, 6.45) is 0. The molecule has 7 heteroatoms. The van der Waals surface area contributed by atoms with Crippen LogP contribution in [0.25, 0.3) is 0 Å². The van der Waals surface area contributed by atoms with Gasteiger partial charge in [-0.05, 0) is 52.4 Å². The predicted octanol–water partition coefficient (Wildman–Crippen LogP) is 1.63. The van der Waals surface area contributed by atoms with Gasteiger partial charge in [-0.15, -0.1) is 0 Å². The van der Waals surface area contributed by atoms with Crippen molar-refractivity contribution >= 4 is 16.1 Å². The lowest BCUT2D eigenvalue weighted by atomic mass is 10.2. The molecule has 0 aliphatic rings. The maximum Gasteiger partial charge on any atom is 0.326 e. The molecule has 0 aromatic heterocycles. The molecule has 1 rings (SSSR count). The molecular weight excluding hydrogens is 306 g/mol. The van der Waals surface area contributed by atoms with Crippen molar-refractivity contribution in [2.75, 3.05) is 13.7 Å². The van der Waals surface area contributed by atoms with E-state index in [1.165, 1.54) is 19.2 Å². The monoisotopic (exact) mass is 329 g/mol. The lowest BCUT2D eigenvalue weighted by Gasteiger charge is -2.23. The van der Waals surface area contributed by atoms with Gasteiger partial charge < -0.3 is 10.1 Å². The van der Waals surface area contributed by atoms with Crippen molar-refractivity contribution in [1.82, 2.24) is 5.32 Å². The van der Waals surface area contributed by atoms with Gasteiger partial charge in [0.2, 0.25) is 0 Å². The third kappa shape index (κ3) is 5.75. The summed E-state index contributed by atoms with van der Waals surface area (Å²) in [6.45, 7) is 6.67. The molecule has 0 radical (unpaired) electrons. The number of carbonyl (C=O) groups is 1. The highest BCUT2D eigenvalue weighted by Crippen LogP contribution is 2.15. The molecule has 0 heterocycles. The van der Waals surface area contributed by atoms with Crippen LogP contribution in [-0.2, 0) is 23.8 Å². The SMILES string of the molecule is CNC(COS(=O)(=O)c1cccc(C)c1)C(=O)OC(C)(C)C. The van der Waals surface area contributed by atoms with E-state index in [1.807, 2.05) is 0 Å². The highest BCUT2D eigenvalue weighted by Gasteiger charge is 2.26. The summed E-state index contributed by atoms with van der Waals surface area (Å²) in [6, 6.07) is 5.52. The molecule has 0 saturated heterocycles. The third-order valence-corrected chi connectivity index (χ3v) is 3.99. The molecule has 0 aliphatic heterocycles. The molecular formula is C15H23NO5S. The summed E-state index contributed by atoms with van der Waals surface area (Å²) >= 11 is 0. The Morgan fingerprint density at radius 3 is 2.45 bits per heavy atom. The quantitative estimate of drug-likeness (QED) is 0.631. The Morgan fingerprint density at radius 1 is 1.32 bits per heavy atom. The highest BCUT2D eigenvalue weighted by molar-refractivity contribution is 7.86. The minimum Gasteiger partial charge on any atom is -0.459 e. The van der Waals surface area contributed by atoms with Crippen LogP contribution in [0.3, 0.4) is 0 Å². The van der Waals surface area contributed by atoms with E-state index < -0.39 is 27.7 Å². The largest absolute Gasteiger partial charge is 0.459 e. The molecule has 0 fully saturated rings. The molecule has 1 unspecified atom stereocenters. The molecule has 0 amide bonds. The molecule has 1 aromatic carbocycles. The molecule has 6 nitrogen and oxygen atoms in total. The number of ether oxygens (including phenoxy) is 1. The van der Waals surface area contributed by atoms with Gasteiger partial charge in [-0.1, -0.05) is 12.1 Å². The summed E-state index contributed by atoms with van der Waals surface area (Å²) in [5.74, 6) is -0.561. The Balaban J connectivity index is 2.76. The highest BCUT2D eigenvalue weighted by atomic mass is 32.2. The zero-order valence-corrected chi connectivity index (χ0v) is 14.4. The first-order valence-electron chi connectivity index (χ1n) is 6.91. The zero-order valence-electron chi connectivity index (χ0n) is 13.5. The Kier molecular flexibility index (Phi) is 6.10. The van der Waals surface area contributed by atoms with Crippen LogP contribution in [-0.4, -0.2) is 39.7 Å². The third-order valence-electron chi connectivity index (χ3n) is 2.71. The Morgan fingerprint density at radius 2 is 1.95 bits per heavy atom. The minimum absolute atomic E-state index is 0.0616. The topological polar surface area (TPSA) is 81.7 Å². The van der Waals surface area contributed by atoms with Gasteiger partial charge >= 0.3 is 5.97 Å². The summed E-state index contributed by atoms with van der Waals surface area (Å²) in [4.78, 5) is 12.0. The average Bonchev–Trinajstić information content (AvgIpc) is 2.37. The summed E-state index contributed by atoms with van der Waals surface area (Å²) in [5, 5.41) is 2.70. The van der Waals surface area contributed by atoms with E-state index in [4.69, 9.17) is 8.92 Å². The van der Waals surface area contributed by atoms with Gasteiger partial charge in [-0.25, -0.2) is 0 Å². The summed E-state index contributed by atoms with van der Waals surface area (Å²) in [5.41, 5.74) is 0.156. The van der Waals surface area contributed by atoms with E-state index in [0.717, 1.165) is 5.56 Å². The maximum atomic E-state index is 12.1. The molecule has 0 bridgehead atoms. The first-order chi connectivity index (χ1) is 10.0. The molecule has 22 heavy (non-hydrogen) atoms. The summed E-state index contributed by atoms with van der Waals surface area (Å²) < 4.78 is 34.4. The van der Waals surface area contributed by atoms with Gasteiger partial charge in [0.25, 0.3) is 10.1 Å². The number of esters is 1. The van der Waals surface area contributed by atoms with Crippen LogP contribution in [0.2, 0.25) is 0 Å². The van der Waals surface area contributed by atoms with Crippen LogP contribution >= 0.6 is 0 Å². The smallest absolute Gasteiger partial charge is 0.326 e. The number of benzene rings is 1. The van der Waals surface area contributed by atoms with Crippen molar-refractivity contribution in [2.45, 2.75) is 44.2 Å². The Bertz CT molecular complexity index is 619. The van der Waals surface area contributed by atoms with Crippen molar-refractivity contribution in [3.63, 3.8) is 0 Å². The van der Waals surface area contributed by atoms with Crippen LogP contribution in [0.4, 0.5) is 0 Å². The van der Waals surface area contributed by atoms with Crippen LogP contribution in [0, 0.1) is 6.92 Å². The van der Waals surface area contributed by atoms with Crippen molar-refractivity contribution in [3.05, 3.63) is 29.8 Å². The number of rotatable bonds is 6. The van der Waals surface area contributed by atoms with E-state index in [1.54, 1.807) is 39.8 Å². The fraction of sp³-hybridized carbons (Fsp3) is 0.533. The van der Waals surface area contributed by atoms with Gasteiger partial charge in [0.1, 0.15) is 11.6 Å². The molecule has 0 saturated carbocycles.